The number of carbonyl (C=O) groups excluding carboxylic acids is 1. The van der Waals surface area contributed by atoms with Crippen LogP contribution in [0.2, 0.25) is 0 Å². The van der Waals surface area contributed by atoms with Crippen molar-refractivity contribution in [2.75, 3.05) is 5.32 Å². The Hall–Kier alpha value is -2.89. The molecule has 0 bridgehead atoms. The minimum atomic E-state index is -0.421. The molecule has 1 amide bonds. The van der Waals surface area contributed by atoms with E-state index in [2.05, 4.69) is 10.5 Å². The van der Waals surface area contributed by atoms with Crippen LogP contribution in [0.5, 0.6) is 0 Å². The average molecular weight is 284 g/mol. The maximum absolute atomic E-state index is 12.0. The fourth-order valence-electron chi connectivity index (χ4n) is 2.07. The lowest BCUT2D eigenvalue weighted by atomic mass is 10.1. The molecule has 6 heteroatoms. The molecule has 0 spiro atoms. The second-order valence-corrected chi connectivity index (χ2v) is 4.74. The Morgan fingerprint density at radius 2 is 2.00 bits per heavy atom. The maximum atomic E-state index is 12.0. The van der Waals surface area contributed by atoms with E-state index in [0.717, 1.165) is 10.9 Å². The Labute approximate surface area is 119 Å². The van der Waals surface area contributed by atoms with Gasteiger partial charge in [-0.1, -0.05) is 5.16 Å². The molecule has 0 radical (unpaired) electrons. The smallest absolute Gasteiger partial charge is 0.336 e. The van der Waals surface area contributed by atoms with E-state index >= 15 is 0 Å². The van der Waals surface area contributed by atoms with Gasteiger partial charge in [0.2, 0.25) is 0 Å². The second kappa shape index (κ2) is 4.90. The van der Waals surface area contributed by atoms with Crippen molar-refractivity contribution in [3.8, 4) is 0 Å². The fourth-order valence-corrected chi connectivity index (χ4v) is 2.07. The highest BCUT2D eigenvalue weighted by atomic mass is 16.5. The van der Waals surface area contributed by atoms with Crippen LogP contribution < -0.4 is 10.9 Å². The lowest BCUT2D eigenvalue weighted by molar-refractivity contribution is 0.101. The zero-order valence-electron chi connectivity index (χ0n) is 11.5. The van der Waals surface area contributed by atoms with E-state index in [-0.39, 0.29) is 11.6 Å². The first kappa shape index (κ1) is 13.1. The predicted molar refractivity (Wildman–Crippen MR) is 76.4 cm³/mol. The van der Waals surface area contributed by atoms with Gasteiger partial charge in [0.1, 0.15) is 11.3 Å². The van der Waals surface area contributed by atoms with Gasteiger partial charge in [0, 0.05) is 29.3 Å². The van der Waals surface area contributed by atoms with E-state index in [1.165, 1.54) is 6.07 Å². The number of carbonyl (C=O) groups is 1. The van der Waals surface area contributed by atoms with Crippen LogP contribution in [0, 0.1) is 13.8 Å². The summed E-state index contributed by atoms with van der Waals surface area (Å²) in [5.74, 6) is 0.168. The molecule has 0 saturated heterocycles. The van der Waals surface area contributed by atoms with Crippen LogP contribution in [-0.4, -0.2) is 11.1 Å². The zero-order valence-corrected chi connectivity index (χ0v) is 11.5. The van der Waals surface area contributed by atoms with Gasteiger partial charge in [-0.2, -0.15) is 0 Å². The first-order valence-electron chi connectivity index (χ1n) is 6.32. The molecule has 21 heavy (non-hydrogen) atoms. The van der Waals surface area contributed by atoms with Crippen LogP contribution in [0.25, 0.3) is 11.0 Å². The molecule has 0 atom stereocenters. The number of nitrogens with zero attached hydrogens (tertiary/aromatic N) is 1. The Kier molecular flexibility index (Phi) is 3.06. The molecule has 1 N–H and O–H groups in total. The van der Waals surface area contributed by atoms with Crippen molar-refractivity contribution in [1.82, 2.24) is 5.16 Å². The van der Waals surface area contributed by atoms with Gasteiger partial charge in [0.05, 0.1) is 0 Å². The van der Waals surface area contributed by atoms with Crippen molar-refractivity contribution in [2.24, 2.45) is 0 Å². The minimum absolute atomic E-state index is 0.193. The zero-order chi connectivity index (χ0) is 15.0. The van der Waals surface area contributed by atoms with Gasteiger partial charge in [0.25, 0.3) is 5.91 Å². The van der Waals surface area contributed by atoms with Gasteiger partial charge in [-0.25, -0.2) is 4.79 Å². The van der Waals surface area contributed by atoms with Crippen LogP contribution in [0.4, 0.5) is 5.69 Å². The molecule has 3 aromatic rings. The second-order valence-electron chi connectivity index (χ2n) is 4.74. The van der Waals surface area contributed by atoms with E-state index in [1.54, 1.807) is 31.2 Å². The third-order valence-electron chi connectivity index (χ3n) is 3.07. The maximum Gasteiger partial charge on any atom is 0.336 e. The minimum Gasteiger partial charge on any atom is -0.423 e. The highest BCUT2D eigenvalue weighted by Gasteiger charge is 2.12. The van der Waals surface area contributed by atoms with Gasteiger partial charge in [0.15, 0.2) is 5.69 Å². The SMILES string of the molecule is Cc1cc(C(=O)Nc2ccc3c(C)cc(=O)oc3c2)no1. The molecule has 3 rings (SSSR count). The van der Waals surface area contributed by atoms with Crippen molar-refractivity contribution >= 4 is 22.6 Å². The molecule has 1 aromatic carbocycles. The number of rotatable bonds is 2. The van der Waals surface area contributed by atoms with Crippen molar-refractivity contribution in [3.63, 3.8) is 0 Å². The van der Waals surface area contributed by atoms with E-state index in [1.807, 2.05) is 6.92 Å². The normalized spacial score (nSPS) is 10.8. The summed E-state index contributed by atoms with van der Waals surface area (Å²) in [5, 5.41) is 7.15. The number of anilines is 1. The molecule has 0 saturated carbocycles. The molecular weight excluding hydrogens is 272 g/mol. The first-order valence-corrected chi connectivity index (χ1v) is 6.32. The van der Waals surface area contributed by atoms with E-state index in [0.29, 0.717) is 17.0 Å². The third kappa shape index (κ3) is 2.55. The quantitative estimate of drug-likeness (QED) is 0.731. The topological polar surface area (TPSA) is 85.3 Å². The number of aromatic nitrogens is 1. The molecule has 6 nitrogen and oxygen atoms in total. The summed E-state index contributed by atoms with van der Waals surface area (Å²) < 4.78 is 9.99. The molecule has 0 fully saturated rings. The summed E-state index contributed by atoms with van der Waals surface area (Å²) in [6.07, 6.45) is 0. The number of amides is 1. The van der Waals surface area contributed by atoms with E-state index in [9.17, 15) is 9.59 Å². The number of fused-ring (bicyclic) bond motifs is 1. The summed E-state index contributed by atoms with van der Waals surface area (Å²) in [6.45, 7) is 3.53. The van der Waals surface area contributed by atoms with Crippen LogP contribution >= 0.6 is 0 Å². The molecule has 106 valence electrons. The lowest BCUT2D eigenvalue weighted by Gasteiger charge is -2.05. The Bertz CT molecular complexity index is 892. The number of hydrogen-bond donors (Lipinski definition) is 1. The monoisotopic (exact) mass is 284 g/mol. The van der Waals surface area contributed by atoms with E-state index < -0.39 is 5.63 Å². The summed E-state index contributed by atoms with van der Waals surface area (Å²) in [4.78, 5) is 23.4. The number of aryl methyl sites for hydroxylation is 2. The Morgan fingerprint density at radius 1 is 1.19 bits per heavy atom. The summed E-state index contributed by atoms with van der Waals surface area (Å²) in [7, 11) is 0. The molecular formula is C15H12N2O4. The van der Waals surface area contributed by atoms with Crippen LogP contribution in [-0.2, 0) is 0 Å². The lowest BCUT2D eigenvalue weighted by Crippen LogP contribution is -2.12. The number of hydrogen-bond acceptors (Lipinski definition) is 5. The molecule has 0 unspecified atom stereocenters. The highest BCUT2D eigenvalue weighted by molar-refractivity contribution is 6.03. The van der Waals surface area contributed by atoms with Gasteiger partial charge in [-0.05, 0) is 31.5 Å². The van der Waals surface area contributed by atoms with E-state index in [4.69, 9.17) is 8.94 Å². The van der Waals surface area contributed by atoms with Crippen LogP contribution in [0.3, 0.4) is 0 Å². The number of benzene rings is 1. The fraction of sp³-hybridized carbons (Fsp3) is 0.133. The summed E-state index contributed by atoms with van der Waals surface area (Å²) in [5.41, 5.74) is 1.54. The molecule has 0 aliphatic heterocycles. The first-order chi connectivity index (χ1) is 10.0. The van der Waals surface area contributed by atoms with Crippen LogP contribution in [0.15, 0.2) is 44.1 Å². The van der Waals surface area contributed by atoms with Gasteiger partial charge in [-0.3, -0.25) is 4.79 Å². The van der Waals surface area contributed by atoms with Crippen LogP contribution in [0.1, 0.15) is 21.8 Å². The molecule has 0 aliphatic rings. The standard InChI is InChI=1S/C15H12N2O4/c1-8-5-14(18)20-13-7-10(3-4-11(8)13)16-15(19)12-6-9(2)21-17-12/h3-7H,1-2H3,(H,16,19). The highest BCUT2D eigenvalue weighted by Crippen LogP contribution is 2.21. The molecule has 0 aliphatic carbocycles. The number of nitrogens with one attached hydrogen (secondary N) is 1. The van der Waals surface area contributed by atoms with Gasteiger partial charge >= 0.3 is 5.63 Å². The van der Waals surface area contributed by atoms with Gasteiger partial charge in [-0.15, -0.1) is 0 Å². The van der Waals surface area contributed by atoms with Crippen molar-refractivity contribution in [3.05, 3.63) is 57.8 Å². The summed E-state index contributed by atoms with van der Waals surface area (Å²) >= 11 is 0. The predicted octanol–water partition coefficient (Wildman–Crippen LogP) is 2.65. The average Bonchev–Trinajstić information content (AvgIpc) is 2.85. The van der Waals surface area contributed by atoms with Gasteiger partial charge < -0.3 is 14.3 Å². The third-order valence-corrected chi connectivity index (χ3v) is 3.07. The van der Waals surface area contributed by atoms with Crippen molar-refractivity contribution in [1.29, 1.82) is 0 Å². The van der Waals surface area contributed by atoms with Crippen molar-refractivity contribution < 1.29 is 13.7 Å². The van der Waals surface area contributed by atoms with Crippen molar-refractivity contribution in [2.45, 2.75) is 13.8 Å². The molecule has 2 heterocycles. The summed E-state index contributed by atoms with van der Waals surface area (Å²) in [6, 6.07) is 8.10. The Morgan fingerprint density at radius 3 is 2.71 bits per heavy atom. The Balaban J connectivity index is 1.94. The largest absolute Gasteiger partial charge is 0.423 e. The molecule has 2 aromatic heterocycles.